The van der Waals surface area contributed by atoms with E-state index < -0.39 is 0 Å². The number of rotatable bonds is 4. The first-order valence-electron chi connectivity index (χ1n) is 6.27. The van der Waals surface area contributed by atoms with Gasteiger partial charge in [-0.3, -0.25) is 0 Å². The number of aromatic nitrogens is 1. The molecule has 0 radical (unpaired) electrons. The molecule has 0 saturated heterocycles. The highest BCUT2D eigenvalue weighted by molar-refractivity contribution is 5.02. The quantitative estimate of drug-likeness (QED) is 0.800. The van der Waals surface area contributed by atoms with Crippen molar-refractivity contribution in [2.24, 2.45) is 0 Å². The first kappa shape index (κ1) is 17.6. The summed E-state index contributed by atoms with van der Waals surface area (Å²) in [6.45, 7) is 10.4. The average Bonchev–Trinajstić information content (AvgIpc) is 2.76. The van der Waals surface area contributed by atoms with E-state index in [9.17, 15) is 0 Å². The van der Waals surface area contributed by atoms with E-state index in [0.29, 0.717) is 6.61 Å². The SMILES string of the molecule is CC.CCCCCO.CCc1cc(C)on1. The third kappa shape index (κ3) is 11.2. The Morgan fingerprint density at radius 3 is 2.06 bits per heavy atom. The standard InChI is InChI=1S/C6H9NO.C5H12O.C2H6/c1-3-6-4-5(2)8-7-6;1-2-3-4-5-6;1-2/h4H,3H2,1-2H3;6H,2-5H2,1H3;1-2H3. The third-order valence-electron chi connectivity index (χ3n) is 1.80. The fraction of sp³-hybridized carbons (Fsp3) is 0.769. The van der Waals surface area contributed by atoms with Gasteiger partial charge in [0, 0.05) is 12.7 Å². The number of hydrogen-bond donors (Lipinski definition) is 1. The van der Waals surface area contributed by atoms with Gasteiger partial charge in [-0.25, -0.2) is 0 Å². The smallest absolute Gasteiger partial charge is 0.133 e. The van der Waals surface area contributed by atoms with Gasteiger partial charge in [0.2, 0.25) is 0 Å². The van der Waals surface area contributed by atoms with Crippen molar-refractivity contribution < 1.29 is 9.63 Å². The molecule has 96 valence electrons. The topological polar surface area (TPSA) is 46.3 Å². The molecule has 1 N–H and O–H groups in total. The maximum absolute atomic E-state index is 8.20. The van der Waals surface area contributed by atoms with Crippen LogP contribution in [-0.4, -0.2) is 16.9 Å². The van der Waals surface area contributed by atoms with Crippen molar-refractivity contribution in [2.75, 3.05) is 6.61 Å². The minimum atomic E-state index is 0.355. The molecule has 1 heterocycles. The van der Waals surface area contributed by atoms with E-state index >= 15 is 0 Å². The van der Waals surface area contributed by atoms with E-state index in [2.05, 4.69) is 19.0 Å². The molecular weight excluding hydrogens is 202 g/mol. The second-order valence-corrected chi connectivity index (χ2v) is 3.21. The van der Waals surface area contributed by atoms with Crippen molar-refractivity contribution in [3.63, 3.8) is 0 Å². The molecule has 0 unspecified atom stereocenters. The van der Waals surface area contributed by atoms with Crippen molar-refractivity contribution in [2.45, 2.75) is 60.3 Å². The van der Waals surface area contributed by atoms with Gasteiger partial charge in [0.15, 0.2) is 0 Å². The molecule has 3 heteroatoms. The lowest BCUT2D eigenvalue weighted by atomic mass is 10.3. The average molecular weight is 229 g/mol. The van der Waals surface area contributed by atoms with Gasteiger partial charge in [0.05, 0.1) is 5.69 Å². The molecule has 0 aliphatic rings. The molecule has 1 aromatic rings. The molecule has 0 aromatic carbocycles. The van der Waals surface area contributed by atoms with Crippen LogP contribution in [0.25, 0.3) is 0 Å². The lowest BCUT2D eigenvalue weighted by Crippen LogP contribution is -1.78. The Kier molecular flexibility index (Phi) is 15.6. The molecule has 0 aliphatic carbocycles. The van der Waals surface area contributed by atoms with E-state index in [1.165, 1.54) is 6.42 Å². The number of nitrogens with zero attached hydrogens (tertiary/aromatic N) is 1. The van der Waals surface area contributed by atoms with Gasteiger partial charge >= 0.3 is 0 Å². The minimum absolute atomic E-state index is 0.355. The second kappa shape index (κ2) is 14.2. The highest BCUT2D eigenvalue weighted by Gasteiger charge is 1.93. The van der Waals surface area contributed by atoms with E-state index in [-0.39, 0.29) is 0 Å². The highest BCUT2D eigenvalue weighted by Crippen LogP contribution is 2.00. The van der Waals surface area contributed by atoms with Crippen LogP contribution in [0.3, 0.4) is 0 Å². The molecule has 0 amide bonds. The summed E-state index contributed by atoms with van der Waals surface area (Å²) >= 11 is 0. The van der Waals surface area contributed by atoms with E-state index in [0.717, 1.165) is 30.7 Å². The number of hydrogen-bond acceptors (Lipinski definition) is 3. The second-order valence-electron chi connectivity index (χ2n) is 3.21. The summed E-state index contributed by atoms with van der Waals surface area (Å²) in [4.78, 5) is 0. The van der Waals surface area contributed by atoms with Crippen LogP contribution < -0.4 is 0 Å². The first-order chi connectivity index (χ1) is 7.74. The Hall–Kier alpha value is -0.830. The number of unbranched alkanes of at least 4 members (excludes halogenated alkanes) is 2. The normalized spacial score (nSPS) is 8.62. The molecular formula is C13H27NO2. The van der Waals surface area contributed by atoms with Crippen molar-refractivity contribution in [3.05, 3.63) is 17.5 Å². The first-order valence-corrected chi connectivity index (χ1v) is 6.27. The van der Waals surface area contributed by atoms with Crippen LogP contribution in [0.2, 0.25) is 0 Å². The van der Waals surface area contributed by atoms with Crippen molar-refractivity contribution >= 4 is 0 Å². The Labute approximate surface area is 99.9 Å². The molecule has 0 bridgehead atoms. The molecule has 0 atom stereocenters. The summed E-state index contributed by atoms with van der Waals surface area (Å²) in [6.07, 6.45) is 4.28. The highest BCUT2D eigenvalue weighted by atomic mass is 16.5. The van der Waals surface area contributed by atoms with E-state index in [1.807, 2.05) is 26.8 Å². The monoisotopic (exact) mass is 229 g/mol. The zero-order chi connectivity index (χ0) is 12.8. The lowest BCUT2D eigenvalue weighted by molar-refractivity contribution is 0.284. The van der Waals surface area contributed by atoms with Crippen molar-refractivity contribution in [1.29, 1.82) is 0 Å². The van der Waals surface area contributed by atoms with Crippen LogP contribution in [-0.2, 0) is 6.42 Å². The van der Waals surface area contributed by atoms with Crippen LogP contribution in [0.15, 0.2) is 10.6 Å². The maximum atomic E-state index is 8.20. The minimum Gasteiger partial charge on any atom is -0.396 e. The van der Waals surface area contributed by atoms with Gasteiger partial charge in [0.1, 0.15) is 5.76 Å². The summed E-state index contributed by atoms with van der Waals surface area (Å²) in [5.41, 5.74) is 1.03. The molecule has 16 heavy (non-hydrogen) atoms. The van der Waals surface area contributed by atoms with E-state index in [4.69, 9.17) is 9.63 Å². The number of aliphatic hydroxyl groups is 1. The molecule has 3 nitrogen and oxygen atoms in total. The summed E-state index contributed by atoms with van der Waals surface area (Å²) in [5, 5.41) is 12.0. The van der Waals surface area contributed by atoms with Crippen LogP contribution >= 0.6 is 0 Å². The van der Waals surface area contributed by atoms with Crippen LogP contribution in [0.5, 0.6) is 0 Å². The Bertz CT molecular complexity index is 217. The molecule has 0 fully saturated rings. The predicted molar refractivity (Wildman–Crippen MR) is 68.6 cm³/mol. The van der Waals surface area contributed by atoms with Crippen LogP contribution in [0.1, 0.15) is 58.4 Å². The lowest BCUT2D eigenvalue weighted by Gasteiger charge is -1.85. The number of aryl methyl sites for hydroxylation is 2. The van der Waals surface area contributed by atoms with Gasteiger partial charge in [-0.1, -0.05) is 45.7 Å². The fourth-order valence-corrected chi connectivity index (χ4v) is 0.946. The molecule has 0 aliphatic heterocycles. The Morgan fingerprint density at radius 1 is 1.25 bits per heavy atom. The maximum Gasteiger partial charge on any atom is 0.133 e. The third-order valence-corrected chi connectivity index (χ3v) is 1.80. The summed E-state index contributed by atoms with van der Waals surface area (Å²) < 4.78 is 4.81. The Balaban J connectivity index is 0. The molecule has 1 aromatic heterocycles. The largest absolute Gasteiger partial charge is 0.396 e. The van der Waals surface area contributed by atoms with Gasteiger partial charge in [-0.2, -0.15) is 0 Å². The Morgan fingerprint density at radius 2 is 1.88 bits per heavy atom. The van der Waals surface area contributed by atoms with Crippen LogP contribution in [0.4, 0.5) is 0 Å². The fourth-order valence-electron chi connectivity index (χ4n) is 0.946. The number of aliphatic hydroxyl groups excluding tert-OH is 1. The summed E-state index contributed by atoms with van der Waals surface area (Å²) in [7, 11) is 0. The van der Waals surface area contributed by atoms with Crippen molar-refractivity contribution in [3.8, 4) is 0 Å². The zero-order valence-electron chi connectivity index (χ0n) is 11.4. The molecule has 0 spiro atoms. The van der Waals surface area contributed by atoms with Crippen molar-refractivity contribution in [1.82, 2.24) is 5.16 Å². The molecule has 0 saturated carbocycles. The summed E-state index contributed by atoms with van der Waals surface area (Å²) in [6, 6.07) is 1.94. The zero-order valence-corrected chi connectivity index (χ0v) is 11.4. The van der Waals surface area contributed by atoms with Gasteiger partial charge in [0.25, 0.3) is 0 Å². The van der Waals surface area contributed by atoms with Gasteiger partial charge in [-0.05, 0) is 19.8 Å². The van der Waals surface area contributed by atoms with Gasteiger partial charge in [-0.15, -0.1) is 0 Å². The van der Waals surface area contributed by atoms with Gasteiger partial charge < -0.3 is 9.63 Å². The summed E-state index contributed by atoms with van der Waals surface area (Å²) in [5.74, 6) is 0.891. The molecule has 1 rings (SSSR count). The van der Waals surface area contributed by atoms with E-state index in [1.54, 1.807) is 0 Å². The predicted octanol–water partition coefficient (Wildman–Crippen LogP) is 3.74. The van der Waals surface area contributed by atoms with Crippen LogP contribution in [0, 0.1) is 6.92 Å².